The minimum atomic E-state index is 0.0160. The molecule has 0 aromatic carbocycles. The Morgan fingerprint density at radius 2 is 1.92 bits per heavy atom. The van der Waals surface area contributed by atoms with Crippen LogP contribution in [0.3, 0.4) is 0 Å². The molecule has 1 aliphatic carbocycles. The predicted octanol–water partition coefficient (Wildman–Crippen LogP) is 0.572. The number of aliphatic hydroxyl groups is 1. The minimum absolute atomic E-state index is 0.0160. The fourth-order valence-electron chi connectivity index (χ4n) is 2.20. The van der Waals surface area contributed by atoms with Gasteiger partial charge in [-0.1, -0.05) is 19.3 Å². The fraction of sp³-hybridized carbons (Fsp3) is 1.00. The monoisotopic (exact) mass is 186 g/mol. The highest BCUT2D eigenvalue weighted by Crippen LogP contribution is 2.26. The van der Waals surface area contributed by atoms with E-state index in [0.717, 1.165) is 25.9 Å². The van der Waals surface area contributed by atoms with Crippen LogP contribution >= 0.6 is 0 Å². The molecule has 0 bridgehead atoms. The lowest BCUT2D eigenvalue weighted by Gasteiger charge is -2.36. The molecule has 0 spiro atoms. The Labute approximate surface area is 80.9 Å². The molecule has 13 heavy (non-hydrogen) atoms. The number of hydrogen-bond acceptors (Lipinski definition) is 3. The van der Waals surface area contributed by atoms with Crippen LogP contribution in [0.25, 0.3) is 0 Å². The molecular formula is C10H22N2O. The van der Waals surface area contributed by atoms with Crippen LogP contribution in [-0.2, 0) is 0 Å². The van der Waals surface area contributed by atoms with Crippen LogP contribution < -0.4 is 5.73 Å². The van der Waals surface area contributed by atoms with Crippen molar-refractivity contribution < 1.29 is 5.11 Å². The molecule has 0 saturated heterocycles. The van der Waals surface area contributed by atoms with Gasteiger partial charge < -0.3 is 15.7 Å². The maximum atomic E-state index is 8.77. The summed E-state index contributed by atoms with van der Waals surface area (Å²) in [5.74, 6) is 0. The van der Waals surface area contributed by atoms with Gasteiger partial charge >= 0.3 is 0 Å². The average molecular weight is 186 g/mol. The molecular weight excluding hydrogens is 164 g/mol. The van der Waals surface area contributed by atoms with Gasteiger partial charge in [0.25, 0.3) is 0 Å². The fourth-order valence-corrected chi connectivity index (χ4v) is 2.20. The van der Waals surface area contributed by atoms with Crippen molar-refractivity contribution in [3.8, 4) is 0 Å². The van der Waals surface area contributed by atoms with Crippen LogP contribution in [-0.4, -0.2) is 42.3 Å². The number of nitrogens with zero attached hydrogens (tertiary/aromatic N) is 1. The third-order valence-electron chi connectivity index (χ3n) is 2.92. The molecule has 0 aromatic heterocycles. The standard InChI is InChI=1S/C10H22N2O/c1-12(7-8-13)9-10(11)5-3-2-4-6-10/h13H,2-9,11H2,1H3. The summed E-state index contributed by atoms with van der Waals surface area (Å²) in [6.45, 7) is 1.89. The molecule has 1 fully saturated rings. The number of likely N-dealkylation sites (N-methyl/N-ethyl adjacent to an activating group) is 1. The second kappa shape index (κ2) is 4.94. The highest BCUT2D eigenvalue weighted by molar-refractivity contribution is 4.89. The summed E-state index contributed by atoms with van der Waals surface area (Å²) in [6.07, 6.45) is 6.15. The van der Waals surface area contributed by atoms with Gasteiger partial charge in [0.05, 0.1) is 6.61 Å². The van der Waals surface area contributed by atoms with Crippen molar-refractivity contribution in [1.29, 1.82) is 0 Å². The zero-order chi connectivity index (χ0) is 9.73. The largest absolute Gasteiger partial charge is 0.395 e. The summed E-state index contributed by atoms with van der Waals surface area (Å²) < 4.78 is 0. The lowest BCUT2D eigenvalue weighted by atomic mass is 9.82. The van der Waals surface area contributed by atoms with E-state index in [0.29, 0.717) is 0 Å². The van der Waals surface area contributed by atoms with E-state index < -0.39 is 0 Å². The molecule has 0 atom stereocenters. The molecule has 0 heterocycles. The zero-order valence-corrected chi connectivity index (χ0v) is 8.63. The van der Waals surface area contributed by atoms with Crippen molar-refractivity contribution in [2.24, 2.45) is 5.73 Å². The van der Waals surface area contributed by atoms with Crippen LogP contribution in [0, 0.1) is 0 Å². The average Bonchev–Trinajstić information content (AvgIpc) is 2.04. The van der Waals surface area contributed by atoms with Crippen LogP contribution in [0.15, 0.2) is 0 Å². The zero-order valence-electron chi connectivity index (χ0n) is 8.63. The van der Waals surface area contributed by atoms with Gasteiger partial charge in [0, 0.05) is 18.6 Å². The van der Waals surface area contributed by atoms with E-state index in [4.69, 9.17) is 10.8 Å². The molecule has 0 aromatic rings. The molecule has 1 rings (SSSR count). The van der Waals surface area contributed by atoms with E-state index in [1.54, 1.807) is 0 Å². The number of nitrogens with two attached hydrogens (primary N) is 1. The summed E-state index contributed by atoms with van der Waals surface area (Å²) >= 11 is 0. The summed E-state index contributed by atoms with van der Waals surface area (Å²) in [4.78, 5) is 2.13. The van der Waals surface area contributed by atoms with E-state index in [-0.39, 0.29) is 12.1 Å². The van der Waals surface area contributed by atoms with E-state index >= 15 is 0 Å². The van der Waals surface area contributed by atoms with Gasteiger partial charge in [0.1, 0.15) is 0 Å². The molecule has 0 unspecified atom stereocenters. The number of aliphatic hydroxyl groups excluding tert-OH is 1. The SMILES string of the molecule is CN(CCO)CC1(N)CCCCC1. The Kier molecular flexibility index (Phi) is 4.16. The topological polar surface area (TPSA) is 49.5 Å². The van der Waals surface area contributed by atoms with Crippen molar-refractivity contribution in [1.82, 2.24) is 4.90 Å². The maximum absolute atomic E-state index is 8.77. The first kappa shape index (κ1) is 11.0. The highest BCUT2D eigenvalue weighted by atomic mass is 16.3. The highest BCUT2D eigenvalue weighted by Gasteiger charge is 2.28. The van der Waals surface area contributed by atoms with Gasteiger partial charge in [0.2, 0.25) is 0 Å². The van der Waals surface area contributed by atoms with Gasteiger partial charge in [-0.05, 0) is 19.9 Å². The lowest BCUT2D eigenvalue weighted by Crippen LogP contribution is -2.50. The van der Waals surface area contributed by atoms with Gasteiger partial charge in [-0.2, -0.15) is 0 Å². The Hall–Kier alpha value is -0.120. The Morgan fingerprint density at radius 1 is 1.31 bits per heavy atom. The molecule has 0 amide bonds. The van der Waals surface area contributed by atoms with Gasteiger partial charge in [-0.3, -0.25) is 0 Å². The Morgan fingerprint density at radius 3 is 2.46 bits per heavy atom. The van der Waals surface area contributed by atoms with Crippen LogP contribution in [0.1, 0.15) is 32.1 Å². The third kappa shape index (κ3) is 3.63. The number of rotatable bonds is 4. The molecule has 78 valence electrons. The van der Waals surface area contributed by atoms with Crippen LogP contribution in [0.5, 0.6) is 0 Å². The Balaban J connectivity index is 2.31. The second-order valence-electron chi connectivity index (χ2n) is 4.38. The minimum Gasteiger partial charge on any atom is -0.395 e. The van der Waals surface area contributed by atoms with Gasteiger partial charge in [0.15, 0.2) is 0 Å². The normalized spacial score (nSPS) is 22.2. The molecule has 3 N–H and O–H groups in total. The van der Waals surface area contributed by atoms with E-state index in [2.05, 4.69) is 4.90 Å². The predicted molar refractivity (Wildman–Crippen MR) is 54.6 cm³/mol. The summed E-state index contributed by atoms with van der Waals surface area (Å²) in [7, 11) is 2.03. The molecule has 3 heteroatoms. The first-order chi connectivity index (χ1) is 6.16. The molecule has 1 saturated carbocycles. The van der Waals surface area contributed by atoms with Gasteiger partial charge in [-0.25, -0.2) is 0 Å². The van der Waals surface area contributed by atoms with Crippen molar-refractivity contribution in [3.63, 3.8) is 0 Å². The van der Waals surface area contributed by atoms with Crippen molar-refractivity contribution in [2.75, 3.05) is 26.7 Å². The summed E-state index contributed by atoms with van der Waals surface area (Å²) in [6, 6.07) is 0. The van der Waals surface area contributed by atoms with Crippen LogP contribution in [0.4, 0.5) is 0 Å². The molecule has 3 nitrogen and oxygen atoms in total. The van der Waals surface area contributed by atoms with E-state index in [1.165, 1.54) is 19.3 Å². The van der Waals surface area contributed by atoms with Crippen molar-refractivity contribution in [3.05, 3.63) is 0 Å². The molecule has 1 aliphatic rings. The maximum Gasteiger partial charge on any atom is 0.0558 e. The third-order valence-corrected chi connectivity index (χ3v) is 2.92. The van der Waals surface area contributed by atoms with Crippen molar-refractivity contribution >= 4 is 0 Å². The first-order valence-electron chi connectivity index (χ1n) is 5.25. The first-order valence-corrected chi connectivity index (χ1v) is 5.25. The van der Waals surface area contributed by atoms with Crippen molar-refractivity contribution in [2.45, 2.75) is 37.6 Å². The van der Waals surface area contributed by atoms with Crippen LogP contribution in [0.2, 0.25) is 0 Å². The van der Waals surface area contributed by atoms with E-state index in [1.807, 2.05) is 7.05 Å². The summed E-state index contributed by atoms with van der Waals surface area (Å²) in [5.41, 5.74) is 6.28. The molecule has 0 radical (unpaired) electrons. The Bertz CT molecular complexity index is 144. The van der Waals surface area contributed by atoms with Gasteiger partial charge in [-0.15, -0.1) is 0 Å². The number of hydrogen-bond donors (Lipinski definition) is 2. The smallest absolute Gasteiger partial charge is 0.0558 e. The molecule has 0 aliphatic heterocycles. The summed E-state index contributed by atoms with van der Waals surface area (Å²) in [5, 5.41) is 8.77. The lowest BCUT2D eigenvalue weighted by molar-refractivity contribution is 0.166. The van der Waals surface area contributed by atoms with E-state index in [9.17, 15) is 0 Å². The quantitative estimate of drug-likeness (QED) is 0.675. The second-order valence-corrected chi connectivity index (χ2v) is 4.38.